The Hall–Kier alpha value is -1.29. The number of likely N-dealkylation sites (tertiary alicyclic amines) is 1. The summed E-state index contributed by atoms with van der Waals surface area (Å²) in [4.78, 5) is 2.58. The second-order valence-corrected chi connectivity index (χ2v) is 6.76. The lowest BCUT2D eigenvalue weighted by Gasteiger charge is -2.32. The van der Waals surface area contributed by atoms with E-state index >= 15 is 0 Å². The van der Waals surface area contributed by atoms with Crippen LogP contribution in [-0.2, 0) is 6.42 Å². The minimum atomic E-state index is -0.141. The van der Waals surface area contributed by atoms with Crippen LogP contribution in [-0.4, -0.2) is 31.1 Å². The highest BCUT2D eigenvalue weighted by molar-refractivity contribution is 5.85. The van der Waals surface area contributed by atoms with Gasteiger partial charge in [-0.3, -0.25) is 0 Å². The van der Waals surface area contributed by atoms with Crippen molar-refractivity contribution in [3.05, 3.63) is 66.0 Å². The summed E-state index contributed by atoms with van der Waals surface area (Å²) in [6, 6.07) is 17.4. The summed E-state index contributed by atoms with van der Waals surface area (Å²) in [6.07, 6.45) is 4.77. The lowest BCUT2D eigenvalue weighted by Crippen LogP contribution is -2.35. The van der Waals surface area contributed by atoms with Crippen molar-refractivity contribution in [3.63, 3.8) is 0 Å². The van der Waals surface area contributed by atoms with Gasteiger partial charge in [-0.05, 0) is 81.1 Å². The molecule has 1 heterocycles. The van der Waals surface area contributed by atoms with Crippen molar-refractivity contribution in [2.45, 2.75) is 25.7 Å². The molecule has 0 atom stereocenters. The van der Waals surface area contributed by atoms with Gasteiger partial charge in [-0.2, -0.15) is 0 Å². The summed E-state index contributed by atoms with van der Waals surface area (Å²) in [5.41, 5.74) is 2.47. The SMILES string of the molecule is Cl.Cl.Fc1ccc(CC2CCN(CCCNc3ccccc3)CC2)cc1. The van der Waals surface area contributed by atoms with E-state index in [9.17, 15) is 4.39 Å². The summed E-state index contributed by atoms with van der Waals surface area (Å²) >= 11 is 0. The highest BCUT2D eigenvalue weighted by atomic mass is 35.5. The molecule has 5 heteroatoms. The average molecular weight is 399 g/mol. The van der Waals surface area contributed by atoms with E-state index in [1.54, 1.807) is 12.1 Å². The number of anilines is 1. The molecule has 0 unspecified atom stereocenters. The van der Waals surface area contributed by atoms with E-state index in [2.05, 4.69) is 34.5 Å². The van der Waals surface area contributed by atoms with E-state index in [0.29, 0.717) is 0 Å². The van der Waals surface area contributed by atoms with Crippen molar-refractivity contribution in [3.8, 4) is 0 Å². The third kappa shape index (κ3) is 7.53. The van der Waals surface area contributed by atoms with Crippen LogP contribution in [0, 0.1) is 11.7 Å². The van der Waals surface area contributed by atoms with Gasteiger partial charge in [0.25, 0.3) is 0 Å². The molecular formula is C21H29Cl2FN2. The molecule has 1 N–H and O–H groups in total. The van der Waals surface area contributed by atoms with Crippen molar-refractivity contribution in [1.29, 1.82) is 0 Å². The molecule has 2 aromatic rings. The highest BCUT2D eigenvalue weighted by Crippen LogP contribution is 2.22. The predicted octanol–water partition coefficient (Wildman–Crippen LogP) is 5.43. The van der Waals surface area contributed by atoms with Gasteiger partial charge in [0.15, 0.2) is 0 Å². The molecule has 2 nitrogen and oxygen atoms in total. The molecule has 0 bridgehead atoms. The highest BCUT2D eigenvalue weighted by Gasteiger charge is 2.19. The molecule has 0 aromatic heterocycles. The number of rotatable bonds is 7. The van der Waals surface area contributed by atoms with Crippen LogP contribution in [0.1, 0.15) is 24.8 Å². The lowest BCUT2D eigenvalue weighted by atomic mass is 9.90. The van der Waals surface area contributed by atoms with Crippen LogP contribution in [0.15, 0.2) is 54.6 Å². The molecule has 0 saturated carbocycles. The van der Waals surface area contributed by atoms with Crippen molar-refractivity contribution in [2.24, 2.45) is 5.92 Å². The smallest absolute Gasteiger partial charge is 0.123 e. The van der Waals surface area contributed by atoms with Gasteiger partial charge in [-0.25, -0.2) is 4.39 Å². The van der Waals surface area contributed by atoms with E-state index in [-0.39, 0.29) is 30.6 Å². The molecule has 1 aliphatic heterocycles. The van der Waals surface area contributed by atoms with Gasteiger partial charge in [0.2, 0.25) is 0 Å². The number of hydrogen-bond acceptors (Lipinski definition) is 2. The Labute approximate surface area is 169 Å². The standard InChI is InChI=1S/C21H27FN2.2ClH/c22-20-9-7-18(8-10-20)17-19-11-15-24(16-12-19)14-4-13-23-21-5-2-1-3-6-21;;/h1-3,5-10,19,23H,4,11-17H2;2*1H. The Morgan fingerprint density at radius 1 is 0.923 bits per heavy atom. The molecular weight excluding hydrogens is 370 g/mol. The van der Waals surface area contributed by atoms with Gasteiger partial charge in [0.05, 0.1) is 0 Å². The molecule has 144 valence electrons. The monoisotopic (exact) mass is 398 g/mol. The van der Waals surface area contributed by atoms with Gasteiger partial charge in [0, 0.05) is 12.2 Å². The minimum Gasteiger partial charge on any atom is -0.385 e. The first-order valence-corrected chi connectivity index (χ1v) is 9.05. The van der Waals surface area contributed by atoms with Gasteiger partial charge in [-0.15, -0.1) is 24.8 Å². The van der Waals surface area contributed by atoms with Gasteiger partial charge >= 0.3 is 0 Å². The van der Waals surface area contributed by atoms with Crippen LogP contribution >= 0.6 is 24.8 Å². The third-order valence-electron chi connectivity index (χ3n) is 4.90. The maximum Gasteiger partial charge on any atom is 0.123 e. The molecule has 1 saturated heterocycles. The topological polar surface area (TPSA) is 15.3 Å². The van der Waals surface area contributed by atoms with Crippen LogP contribution in [0.5, 0.6) is 0 Å². The molecule has 26 heavy (non-hydrogen) atoms. The molecule has 3 rings (SSSR count). The Kier molecular flexibility index (Phi) is 10.6. The van der Waals surface area contributed by atoms with Gasteiger partial charge in [0.1, 0.15) is 5.82 Å². The van der Waals surface area contributed by atoms with Gasteiger partial charge in [-0.1, -0.05) is 30.3 Å². The quantitative estimate of drug-likeness (QED) is 0.625. The van der Waals surface area contributed by atoms with E-state index in [4.69, 9.17) is 0 Å². The lowest BCUT2D eigenvalue weighted by molar-refractivity contribution is 0.183. The van der Waals surface area contributed by atoms with E-state index in [0.717, 1.165) is 18.9 Å². The summed E-state index contributed by atoms with van der Waals surface area (Å²) < 4.78 is 13.0. The maximum atomic E-state index is 13.0. The normalized spacial score (nSPS) is 15.0. The second kappa shape index (κ2) is 12.2. The summed E-state index contributed by atoms with van der Waals surface area (Å²) in [5.74, 6) is 0.604. The number of hydrogen-bond donors (Lipinski definition) is 1. The first-order valence-electron chi connectivity index (χ1n) is 9.05. The average Bonchev–Trinajstić information content (AvgIpc) is 2.63. The van der Waals surface area contributed by atoms with Crippen LogP contribution in [0.3, 0.4) is 0 Å². The fourth-order valence-electron chi connectivity index (χ4n) is 3.46. The summed E-state index contributed by atoms with van der Waals surface area (Å²) in [5, 5.41) is 3.47. The van der Waals surface area contributed by atoms with E-state index in [1.807, 2.05) is 18.2 Å². The zero-order valence-electron chi connectivity index (χ0n) is 15.1. The van der Waals surface area contributed by atoms with Crippen LogP contribution in [0.25, 0.3) is 0 Å². The van der Waals surface area contributed by atoms with E-state index in [1.165, 1.54) is 50.1 Å². The summed E-state index contributed by atoms with van der Waals surface area (Å²) in [6.45, 7) is 4.58. The third-order valence-corrected chi connectivity index (χ3v) is 4.90. The molecule has 1 fully saturated rings. The number of para-hydroxylation sites is 1. The fraction of sp³-hybridized carbons (Fsp3) is 0.429. The molecule has 2 aromatic carbocycles. The molecule has 0 spiro atoms. The van der Waals surface area contributed by atoms with Crippen molar-refractivity contribution < 1.29 is 4.39 Å². The zero-order chi connectivity index (χ0) is 16.6. The van der Waals surface area contributed by atoms with Crippen molar-refractivity contribution in [1.82, 2.24) is 4.90 Å². The fourth-order valence-corrected chi connectivity index (χ4v) is 3.46. The number of benzene rings is 2. The Bertz CT molecular complexity index is 599. The van der Waals surface area contributed by atoms with Gasteiger partial charge < -0.3 is 10.2 Å². The van der Waals surface area contributed by atoms with Crippen LogP contribution < -0.4 is 5.32 Å². The Morgan fingerprint density at radius 2 is 1.58 bits per heavy atom. The van der Waals surface area contributed by atoms with Crippen molar-refractivity contribution >= 4 is 30.5 Å². The molecule has 0 radical (unpaired) electrons. The number of nitrogens with zero attached hydrogens (tertiary/aromatic N) is 1. The molecule has 0 amide bonds. The predicted molar refractivity (Wildman–Crippen MR) is 113 cm³/mol. The second-order valence-electron chi connectivity index (χ2n) is 6.76. The number of halogens is 3. The van der Waals surface area contributed by atoms with Crippen LogP contribution in [0.4, 0.5) is 10.1 Å². The summed E-state index contributed by atoms with van der Waals surface area (Å²) in [7, 11) is 0. The Morgan fingerprint density at radius 3 is 2.23 bits per heavy atom. The first kappa shape index (κ1) is 22.8. The van der Waals surface area contributed by atoms with E-state index < -0.39 is 0 Å². The number of piperidine rings is 1. The van der Waals surface area contributed by atoms with Crippen molar-refractivity contribution in [2.75, 3.05) is 31.5 Å². The molecule has 0 aliphatic carbocycles. The largest absolute Gasteiger partial charge is 0.385 e. The maximum absolute atomic E-state index is 13.0. The minimum absolute atomic E-state index is 0. The number of nitrogens with one attached hydrogen (secondary N) is 1. The first-order chi connectivity index (χ1) is 11.8. The molecule has 1 aliphatic rings. The Balaban J connectivity index is 0.00000169. The zero-order valence-corrected chi connectivity index (χ0v) is 16.7. The van der Waals surface area contributed by atoms with Crippen LogP contribution in [0.2, 0.25) is 0 Å².